The van der Waals surface area contributed by atoms with Crippen molar-refractivity contribution in [2.45, 2.75) is 39.2 Å². The van der Waals surface area contributed by atoms with E-state index in [1.165, 1.54) is 0 Å². The summed E-state index contributed by atoms with van der Waals surface area (Å²) in [5.41, 5.74) is 7.18. The van der Waals surface area contributed by atoms with E-state index in [0.29, 0.717) is 30.5 Å². The van der Waals surface area contributed by atoms with Crippen LogP contribution in [-0.2, 0) is 12.8 Å². The quantitative estimate of drug-likeness (QED) is 0.848. The molecule has 0 radical (unpaired) electrons. The van der Waals surface area contributed by atoms with E-state index in [1.807, 2.05) is 24.3 Å². The largest absolute Gasteiger partial charge is 0.497 e. The molecule has 5 heteroatoms. The van der Waals surface area contributed by atoms with Gasteiger partial charge in [0.25, 0.3) is 0 Å². The second-order valence-corrected chi connectivity index (χ2v) is 5.72. The minimum Gasteiger partial charge on any atom is -0.497 e. The van der Waals surface area contributed by atoms with Crippen LogP contribution in [-0.4, -0.2) is 23.3 Å². The van der Waals surface area contributed by atoms with Crippen molar-refractivity contribution in [2.24, 2.45) is 11.7 Å². The molecule has 1 aromatic carbocycles. The molecule has 0 saturated heterocycles. The predicted octanol–water partition coefficient (Wildman–Crippen LogP) is 2.58. The zero-order valence-corrected chi connectivity index (χ0v) is 12.9. The van der Waals surface area contributed by atoms with E-state index in [-0.39, 0.29) is 6.04 Å². The molecular formula is C16H23N3O2. The van der Waals surface area contributed by atoms with Crippen molar-refractivity contribution in [2.75, 3.05) is 7.11 Å². The second kappa shape index (κ2) is 7.22. The molecule has 1 atom stereocenters. The standard InChI is InChI=1S/C16H23N3O2/c1-11(2)8-13(17)10-16-18-15(19-21-16)9-12-4-6-14(20-3)7-5-12/h4-7,11,13H,8-10,17H2,1-3H3. The smallest absolute Gasteiger partial charge is 0.228 e. The van der Waals surface area contributed by atoms with Crippen LogP contribution in [0.1, 0.15) is 37.5 Å². The Morgan fingerprint density at radius 3 is 2.57 bits per heavy atom. The minimum atomic E-state index is 0.0688. The van der Waals surface area contributed by atoms with E-state index in [0.717, 1.165) is 17.7 Å². The van der Waals surface area contributed by atoms with Gasteiger partial charge in [0, 0.05) is 18.9 Å². The third-order valence-corrected chi connectivity index (χ3v) is 3.24. The van der Waals surface area contributed by atoms with Gasteiger partial charge in [0.1, 0.15) is 5.75 Å². The van der Waals surface area contributed by atoms with Crippen molar-refractivity contribution >= 4 is 0 Å². The summed E-state index contributed by atoms with van der Waals surface area (Å²) in [6.07, 6.45) is 2.23. The highest BCUT2D eigenvalue weighted by molar-refractivity contribution is 5.28. The lowest BCUT2D eigenvalue weighted by molar-refractivity contribution is 0.355. The Labute approximate surface area is 125 Å². The van der Waals surface area contributed by atoms with Crippen molar-refractivity contribution in [1.82, 2.24) is 10.1 Å². The van der Waals surface area contributed by atoms with Gasteiger partial charge >= 0.3 is 0 Å². The zero-order chi connectivity index (χ0) is 15.2. The van der Waals surface area contributed by atoms with Gasteiger partial charge in [0.15, 0.2) is 5.82 Å². The first-order valence-corrected chi connectivity index (χ1v) is 7.26. The number of aromatic nitrogens is 2. The van der Waals surface area contributed by atoms with E-state index in [4.69, 9.17) is 15.0 Å². The van der Waals surface area contributed by atoms with Gasteiger partial charge in [-0.05, 0) is 30.0 Å². The van der Waals surface area contributed by atoms with Crippen LogP contribution in [0.4, 0.5) is 0 Å². The number of benzene rings is 1. The lowest BCUT2D eigenvalue weighted by Crippen LogP contribution is -2.24. The van der Waals surface area contributed by atoms with E-state index >= 15 is 0 Å². The maximum Gasteiger partial charge on any atom is 0.228 e. The molecule has 0 fully saturated rings. The molecule has 0 spiro atoms. The summed E-state index contributed by atoms with van der Waals surface area (Å²) in [7, 11) is 1.65. The summed E-state index contributed by atoms with van der Waals surface area (Å²) in [5, 5.41) is 4.01. The molecule has 0 saturated carbocycles. The first-order valence-electron chi connectivity index (χ1n) is 7.26. The Balaban J connectivity index is 1.93. The molecule has 1 aromatic heterocycles. The van der Waals surface area contributed by atoms with Gasteiger partial charge in [0.05, 0.1) is 7.11 Å². The number of nitrogens with zero attached hydrogens (tertiary/aromatic N) is 2. The highest BCUT2D eigenvalue weighted by Gasteiger charge is 2.12. The summed E-state index contributed by atoms with van der Waals surface area (Å²) in [4.78, 5) is 4.41. The molecule has 2 rings (SSSR count). The van der Waals surface area contributed by atoms with Crippen LogP contribution >= 0.6 is 0 Å². The fourth-order valence-electron chi connectivity index (χ4n) is 2.28. The maximum absolute atomic E-state index is 6.06. The number of ether oxygens (including phenoxy) is 1. The van der Waals surface area contributed by atoms with Crippen molar-refractivity contribution in [3.8, 4) is 5.75 Å². The predicted molar refractivity (Wildman–Crippen MR) is 81.2 cm³/mol. The van der Waals surface area contributed by atoms with E-state index in [9.17, 15) is 0 Å². The van der Waals surface area contributed by atoms with Crippen LogP contribution in [0.2, 0.25) is 0 Å². The molecule has 21 heavy (non-hydrogen) atoms. The third-order valence-electron chi connectivity index (χ3n) is 3.24. The molecule has 2 N–H and O–H groups in total. The molecule has 0 aliphatic rings. The fourth-order valence-corrected chi connectivity index (χ4v) is 2.28. The topological polar surface area (TPSA) is 74.2 Å². The summed E-state index contributed by atoms with van der Waals surface area (Å²) < 4.78 is 10.4. The number of hydrogen-bond acceptors (Lipinski definition) is 5. The molecule has 0 amide bonds. The van der Waals surface area contributed by atoms with Gasteiger partial charge < -0.3 is 15.0 Å². The third kappa shape index (κ3) is 4.86. The maximum atomic E-state index is 6.06. The van der Waals surface area contributed by atoms with Crippen LogP contribution in [0.15, 0.2) is 28.8 Å². The van der Waals surface area contributed by atoms with Crippen molar-refractivity contribution in [1.29, 1.82) is 0 Å². The van der Waals surface area contributed by atoms with Gasteiger partial charge in [-0.2, -0.15) is 4.98 Å². The molecule has 0 aliphatic heterocycles. The first-order chi connectivity index (χ1) is 10.1. The van der Waals surface area contributed by atoms with Gasteiger partial charge in [-0.15, -0.1) is 0 Å². The molecule has 1 heterocycles. The molecule has 1 unspecified atom stereocenters. The Morgan fingerprint density at radius 1 is 1.24 bits per heavy atom. The van der Waals surface area contributed by atoms with Gasteiger partial charge in [0.2, 0.25) is 5.89 Å². The van der Waals surface area contributed by atoms with Gasteiger partial charge in [-0.25, -0.2) is 0 Å². The van der Waals surface area contributed by atoms with Gasteiger partial charge in [-0.1, -0.05) is 31.1 Å². The average molecular weight is 289 g/mol. The Hall–Kier alpha value is -1.88. The molecule has 0 aliphatic carbocycles. The fraction of sp³-hybridized carbons (Fsp3) is 0.500. The molecule has 2 aromatic rings. The summed E-state index contributed by atoms with van der Waals surface area (Å²) in [6, 6.07) is 7.92. The molecule has 114 valence electrons. The highest BCUT2D eigenvalue weighted by atomic mass is 16.5. The van der Waals surface area contributed by atoms with Crippen LogP contribution < -0.4 is 10.5 Å². The number of methoxy groups -OCH3 is 1. The average Bonchev–Trinajstić information content (AvgIpc) is 2.85. The lowest BCUT2D eigenvalue weighted by Gasteiger charge is -2.10. The van der Waals surface area contributed by atoms with Crippen LogP contribution in [0.25, 0.3) is 0 Å². The summed E-state index contributed by atoms with van der Waals surface area (Å²) >= 11 is 0. The summed E-state index contributed by atoms with van der Waals surface area (Å²) in [5.74, 6) is 2.72. The molecule has 5 nitrogen and oxygen atoms in total. The van der Waals surface area contributed by atoms with Crippen molar-refractivity contribution in [3.63, 3.8) is 0 Å². The number of rotatable bonds is 7. The second-order valence-electron chi connectivity index (χ2n) is 5.72. The van der Waals surface area contributed by atoms with Crippen LogP contribution in [0.5, 0.6) is 5.75 Å². The monoisotopic (exact) mass is 289 g/mol. The van der Waals surface area contributed by atoms with Crippen molar-refractivity contribution in [3.05, 3.63) is 41.5 Å². The Morgan fingerprint density at radius 2 is 1.95 bits per heavy atom. The number of nitrogens with two attached hydrogens (primary N) is 1. The van der Waals surface area contributed by atoms with E-state index in [2.05, 4.69) is 24.0 Å². The normalized spacial score (nSPS) is 12.6. The van der Waals surface area contributed by atoms with Gasteiger partial charge in [-0.3, -0.25) is 0 Å². The number of hydrogen-bond donors (Lipinski definition) is 1. The first kappa shape index (κ1) is 15.5. The van der Waals surface area contributed by atoms with Crippen LogP contribution in [0, 0.1) is 5.92 Å². The lowest BCUT2D eigenvalue weighted by atomic mass is 10.0. The molecule has 0 bridgehead atoms. The highest BCUT2D eigenvalue weighted by Crippen LogP contribution is 2.14. The van der Waals surface area contributed by atoms with E-state index < -0.39 is 0 Å². The molecular weight excluding hydrogens is 266 g/mol. The summed E-state index contributed by atoms with van der Waals surface area (Å²) in [6.45, 7) is 4.31. The minimum absolute atomic E-state index is 0.0688. The van der Waals surface area contributed by atoms with Crippen LogP contribution in [0.3, 0.4) is 0 Å². The zero-order valence-electron chi connectivity index (χ0n) is 12.9. The van der Waals surface area contributed by atoms with E-state index in [1.54, 1.807) is 7.11 Å². The SMILES string of the molecule is COc1ccc(Cc2noc(CC(N)CC(C)C)n2)cc1. The van der Waals surface area contributed by atoms with Crippen molar-refractivity contribution < 1.29 is 9.26 Å². The Bertz CT molecular complexity index is 549. The Kier molecular flexibility index (Phi) is 5.33.